The van der Waals surface area contributed by atoms with Crippen molar-refractivity contribution in [3.05, 3.63) is 58.9 Å². The predicted molar refractivity (Wildman–Crippen MR) is 100 cm³/mol. The molecule has 1 atom stereocenters. The van der Waals surface area contributed by atoms with E-state index in [4.69, 9.17) is 30.3 Å². The Kier molecular flexibility index (Phi) is 5.16. The lowest BCUT2D eigenvalue weighted by molar-refractivity contribution is -0.147. The minimum absolute atomic E-state index is 0.110. The summed E-state index contributed by atoms with van der Waals surface area (Å²) < 4.78 is 21.5. The first-order chi connectivity index (χ1) is 13.6. The largest absolute Gasteiger partial charge is 0.486 e. The predicted octanol–water partition coefficient (Wildman–Crippen LogP) is 4.01. The van der Waals surface area contributed by atoms with Gasteiger partial charge in [0.15, 0.2) is 18.1 Å². The molecule has 0 fully saturated rings. The number of rotatable bonds is 5. The van der Waals surface area contributed by atoms with Gasteiger partial charge in [0, 0.05) is 10.6 Å². The van der Waals surface area contributed by atoms with Gasteiger partial charge in [-0.15, -0.1) is 0 Å². The topological polar surface area (TPSA) is 83.7 Å². The maximum atomic E-state index is 12.4. The molecular formula is C20H17ClN2O5. The number of carbonyl (C=O) groups excluding carboxylic acids is 1. The molecule has 4 rings (SSSR count). The third-order valence-electron chi connectivity index (χ3n) is 4.31. The third kappa shape index (κ3) is 3.94. The van der Waals surface area contributed by atoms with Gasteiger partial charge in [-0.05, 0) is 36.8 Å². The minimum Gasteiger partial charge on any atom is -0.486 e. The van der Waals surface area contributed by atoms with Crippen molar-refractivity contribution < 1.29 is 23.5 Å². The Morgan fingerprint density at radius 3 is 2.82 bits per heavy atom. The van der Waals surface area contributed by atoms with Crippen LogP contribution in [-0.4, -0.2) is 29.3 Å². The Morgan fingerprint density at radius 1 is 1.18 bits per heavy atom. The smallest absolute Gasteiger partial charge is 0.313 e. The summed E-state index contributed by atoms with van der Waals surface area (Å²) in [7, 11) is 0. The zero-order valence-corrected chi connectivity index (χ0v) is 15.8. The molecule has 0 amide bonds. The number of benzene rings is 2. The summed E-state index contributed by atoms with van der Waals surface area (Å²) in [5, 5.41) is 4.46. The summed E-state index contributed by atoms with van der Waals surface area (Å²) in [5.74, 6) is 1.01. The number of ether oxygens (including phenoxy) is 3. The molecule has 7 nitrogen and oxygen atoms in total. The zero-order valence-electron chi connectivity index (χ0n) is 15.1. The van der Waals surface area contributed by atoms with Crippen LogP contribution in [-0.2, 0) is 16.1 Å². The Labute approximate surface area is 166 Å². The van der Waals surface area contributed by atoms with Crippen molar-refractivity contribution in [3.8, 4) is 22.9 Å². The fraction of sp³-hybridized carbons (Fsp3) is 0.250. The molecule has 0 radical (unpaired) electrons. The number of hydrogen-bond donors (Lipinski definition) is 0. The second-order valence-electron chi connectivity index (χ2n) is 6.25. The average molecular weight is 401 g/mol. The Balaban J connectivity index is 1.39. The standard InChI is InChI=1S/C20H17ClN2O5/c1-12(13-5-6-16-17(10-13)26-8-7-25-16)20(24)27-11-18-22-19(23-28-18)14-3-2-4-15(21)9-14/h2-6,9-10,12H,7-8,11H2,1H3. The number of fused-ring (bicyclic) bond motifs is 1. The van der Waals surface area contributed by atoms with Crippen LogP contribution in [0.15, 0.2) is 47.0 Å². The number of carbonyl (C=O) groups is 1. The summed E-state index contributed by atoms with van der Waals surface area (Å²) in [6.45, 7) is 2.66. The van der Waals surface area contributed by atoms with Crippen LogP contribution in [0.5, 0.6) is 11.5 Å². The van der Waals surface area contributed by atoms with E-state index in [0.717, 1.165) is 11.1 Å². The van der Waals surface area contributed by atoms with Gasteiger partial charge in [-0.3, -0.25) is 4.79 Å². The highest BCUT2D eigenvalue weighted by Crippen LogP contribution is 2.33. The van der Waals surface area contributed by atoms with E-state index in [1.54, 1.807) is 37.3 Å². The lowest BCUT2D eigenvalue weighted by atomic mass is 10.0. The van der Waals surface area contributed by atoms with E-state index in [1.165, 1.54) is 0 Å². The molecule has 144 valence electrons. The normalized spacial score (nSPS) is 13.8. The maximum Gasteiger partial charge on any atom is 0.313 e. The minimum atomic E-state index is -0.480. The van der Waals surface area contributed by atoms with Gasteiger partial charge < -0.3 is 18.7 Å². The van der Waals surface area contributed by atoms with Gasteiger partial charge >= 0.3 is 5.97 Å². The molecule has 0 spiro atoms. The molecule has 0 bridgehead atoms. The number of halogens is 1. The van der Waals surface area contributed by atoms with Crippen molar-refractivity contribution in [1.82, 2.24) is 10.1 Å². The number of hydrogen-bond acceptors (Lipinski definition) is 7. The van der Waals surface area contributed by atoms with E-state index in [2.05, 4.69) is 10.1 Å². The summed E-state index contributed by atoms with van der Waals surface area (Å²) in [6, 6.07) is 12.5. The molecule has 8 heteroatoms. The van der Waals surface area contributed by atoms with Crippen molar-refractivity contribution in [3.63, 3.8) is 0 Å². The van der Waals surface area contributed by atoms with Crippen molar-refractivity contribution >= 4 is 17.6 Å². The van der Waals surface area contributed by atoms with Crippen LogP contribution in [0.3, 0.4) is 0 Å². The molecule has 28 heavy (non-hydrogen) atoms. The molecule has 3 aromatic rings. The molecule has 0 saturated carbocycles. The lowest BCUT2D eigenvalue weighted by Gasteiger charge is -2.20. The molecule has 2 heterocycles. The Morgan fingerprint density at radius 2 is 2.00 bits per heavy atom. The second-order valence-corrected chi connectivity index (χ2v) is 6.69. The highest BCUT2D eigenvalue weighted by atomic mass is 35.5. The molecule has 1 aromatic heterocycles. The highest BCUT2D eigenvalue weighted by Gasteiger charge is 2.21. The van der Waals surface area contributed by atoms with Crippen LogP contribution < -0.4 is 9.47 Å². The number of nitrogens with zero attached hydrogens (tertiary/aromatic N) is 2. The van der Waals surface area contributed by atoms with Gasteiger partial charge in [-0.25, -0.2) is 0 Å². The molecule has 0 aliphatic carbocycles. The van der Waals surface area contributed by atoms with Crippen molar-refractivity contribution in [2.45, 2.75) is 19.4 Å². The summed E-state index contributed by atoms with van der Waals surface area (Å²) in [4.78, 5) is 16.6. The Bertz CT molecular complexity index is 1000. The summed E-state index contributed by atoms with van der Waals surface area (Å²) in [5.41, 5.74) is 1.50. The van der Waals surface area contributed by atoms with E-state index in [1.807, 2.05) is 12.1 Å². The fourth-order valence-corrected chi connectivity index (χ4v) is 2.97. The van der Waals surface area contributed by atoms with Crippen LogP contribution in [0, 0.1) is 0 Å². The third-order valence-corrected chi connectivity index (χ3v) is 4.54. The van der Waals surface area contributed by atoms with Crippen LogP contribution in [0.2, 0.25) is 5.02 Å². The van der Waals surface area contributed by atoms with E-state index < -0.39 is 11.9 Å². The van der Waals surface area contributed by atoms with Gasteiger partial charge in [-0.1, -0.05) is 35.0 Å². The monoisotopic (exact) mass is 400 g/mol. The first kappa shape index (κ1) is 18.3. The van der Waals surface area contributed by atoms with E-state index in [-0.39, 0.29) is 12.5 Å². The van der Waals surface area contributed by atoms with Crippen molar-refractivity contribution in [2.24, 2.45) is 0 Å². The van der Waals surface area contributed by atoms with Gasteiger partial charge in [-0.2, -0.15) is 4.98 Å². The molecular weight excluding hydrogens is 384 g/mol. The van der Waals surface area contributed by atoms with Crippen LogP contribution in [0.1, 0.15) is 24.3 Å². The average Bonchev–Trinajstić information content (AvgIpc) is 3.20. The first-order valence-corrected chi connectivity index (χ1v) is 9.12. The van der Waals surface area contributed by atoms with Gasteiger partial charge in [0.1, 0.15) is 13.2 Å². The van der Waals surface area contributed by atoms with Crippen molar-refractivity contribution in [2.75, 3.05) is 13.2 Å². The molecule has 0 saturated heterocycles. The van der Waals surface area contributed by atoms with Crippen LogP contribution >= 0.6 is 11.6 Å². The zero-order chi connectivity index (χ0) is 19.5. The van der Waals surface area contributed by atoms with E-state index in [0.29, 0.717) is 35.6 Å². The number of aromatic nitrogens is 2. The fourth-order valence-electron chi connectivity index (χ4n) is 2.78. The van der Waals surface area contributed by atoms with Gasteiger partial charge in [0.2, 0.25) is 5.82 Å². The van der Waals surface area contributed by atoms with E-state index >= 15 is 0 Å². The highest BCUT2D eigenvalue weighted by molar-refractivity contribution is 6.30. The summed E-state index contributed by atoms with van der Waals surface area (Å²) in [6.07, 6.45) is 0. The van der Waals surface area contributed by atoms with Crippen LogP contribution in [0.25, 0.3) is 11.4 Å². The first-order valence-electron chi connectivity index (χ1n) is 8.75. The number of esters is 1. The summed E-state index contributed by atoms with van der Waals surface area (Å²) >= 11 is 5.97. The lowest BCUT2D eigenvalue weighted by Crippen LogP contribution is -2.17. The van der Waals surface area contributed by atoms with Gasteiger partial charge in [0.25, 0.3) is 5.89 Å². The SMILES string of the molecule is CC(C(=O)OCc1nc(-c2cccc(Cl)c2)no1)c1ccc2c(c1)OCCO2. The molecule has 1 aliphatic heterocycles. The maximum absolute atomic E-state index is 12.4. The van der Waals surface area contributed by atoms with Crippen molar-refractivity contribution in [1.29, 1.82) is 0 Å². The molecule has 1 unspecified atom stereocenters. The molecule has 1 aliphatic rings. The Hall–Kier alpha value is -3.06. The molecule has 0 N–H and O–H groups in total. The van der Waals surface area contributed by atoms with E-state index in [9.17, 15) is 4.79 Å². The molecule has 2 aromatic carbocycles. The quantitative estimate of drug-likeness (QED) is 0.598. The van der Waals surface area contributed by atoms with Crippen LogP contribution in [0.4, 0.5) is 0 Å². The second kappa shape index (κ2) is 7.90. The van der Waals surface area contributed by atoms with Gasteiger partial charge in [0.05, 0.1) is 5.92 Å².